The molecule has 1 unspecified atom stereocenters. The zero-order chi connectivity index (χ0) is 16.7. The van der Waals surface area contributed by atoms with Gasteiger partial charge in [-0.2, -0.15) is 13.2 Å². The molecule has 2 saturated heterocycles. The lowest BCUT2D eigenvalue weighted by atomic mass is 9.79. The Morgan fingerprint density at radius 3 is 2.39 bits per heavy atom. The predicted molar refractivity (Wildman–Crippen MR) is 75.7 cm³/mol. The number of hydrogen-bond acceptors (Lipinski definition) is 4. The maximum absolute atomic E-state index is 12.8. The average molecular weight is 336 g/mol. The summed E-state index contributed by atoms with van der Waals surface area (Å²) in [6.45, 7) is 1.97. The van der Waals surface area contributed by atoms with Gasteiger partial charge in [0.05, 0.1) is 18.8 Å². The minimum atomic E-state index is -4.60. The molecule has 1 saturated carbocycles. The topological polar surface area (TPSA) is 70.6 Å². The van der Waals surface area contributed by atoms with E-state index < -0.39 is 11.8 Å². The molecule has 8 heteroatoms. The standard InChI is InChI=1S/C15H23F3N2O3/c16-15(17,18)14(22)4-1-11(2-5-14)20-12(21)10-3-6-19-13(7-10)8-23-9-13/h10-11,19,22H,1-9H2,(H,20,21)/t10?,11-,14-. The minimum Gasteiger partial charge on any atom is -0.380 e. The zero-order valence-electron chi connectivity index (χ0n) is 12.9. The summed E-state index contributed by atoms with van der Waals surface area (Å²) in [5, 5.41) is 15.9. The number of piperidine rings is 1. The van der Waals surface area contributed by atoms with Crippen LogP contribution in [0.3, 0.4) is 0 Å². The second kappa shape index (κ2) is 5.89. The van der Waals surface area contributed by atoms with Crippen LogP contribution in [-0.4, -0.2) is 54.1 Å². The molecule has 1 amide bonds. The fraction of sp³-hybridized carbons (Fsp3) is 0.933. The Morgan fingerprint density at radius 2 is 1.87 bits per heavy atom. The number of alkyl halides is 3. The Hall–Kier alpha value is -0.860. The highest BCUT2D eigenvalue weighted by Gasteiger charge is 2.54. The van der Waals surface area contributed by atoms with Crippen molar-refractivity contribution < 1.29 is 27.8 Å². The summed E-state index contributed by atoms with van der Waals surface area (Å²) < 4.78 is 43.6. The van der Waals surface area contributed by atoms with Crippen LogP contribution in [0, 0.1) is 5.92 Å². The molecule has 23 heavy (non-hydrogen) atoms. The number of aliphatic hydroxyl groups is 1. The summed E-state index contributed by atoms with van der Waals surface area (Å²) in [5.74, 6) is -0.205. The van der Waals surface area contributed by atoms with Crippen LogP contribution in [0.4, 0.5) is 13.2 Å². The highest BCUT2D eigenvalue weighted by atomic mass is 19.4. The maximum atomic E-state index is 12.8. The molecule has 2 heterocycles. The van der Waals surface area contributed by atoms with Crippen LogP contribution in [0.2, 0.25) is 0 Å². The monoisotopic (exact) mass is 336 g/mol. The van der Waals surface area contributed by atoms with Crippen LogP contribution in [0.1, 0.15) is 38.5 Å². The smallest absolute Gasteiger partial charge is 0.380 e. The number of rotatable bonds is 2. The Labute approximate surface area is 132 Å². The molecule has 132 valence electrons. The lowest BCUT2D eigenvalue weighted by Crippen LogP contribution is -2.65. The minimum absolute atomic E-state index is 0.0831. The molecule has 0 aromatic carbocycles. The van der Waals surface area contributed by atoms with Crippen molar-refractivity contribution in [1.82, 2.24) is 10.6 Å². The van der Waals surface area contributed by atoms with Crippen molar-refractivity contribution >= 4 is 5.91 Å². The quantitative estimate of drug-likeness (QED) is 0.706. The van der Waals surface area contributed by atoms with E-state index >= 15 is 0 Å². The second-order valence-electron chi connectivity index (χ2n) is 7.20. The van der Waals surface area contributed by atoms with Crippen LogP contribution in [0.25, 0.3) is 0 Å². The van der Waals surface area contributed by atoms with E-state index in [1.807, 2.05) is 0 Å². The highest BCUT2D eigenvalue weighted by Crippen LogP contribution is 2.41. The van der Waals surface area contributed by atoms with Gasteiger partial charge in [-0.25, -0.2) is 0 Å². The molecule has 3 rings (SSSR count). The number of carbonyl (C=O) groups is 1. The fourth-order valence-electron chi connectivity index (χ4n) is 3.79. The Bertz CT molecular complexity index is 457. The molecule has 1 atom stereocenters. The first-order valence-corrected chi connectivity index (χ1v) is 8.15. The van der Waals surface area contributed by atoms with E-state index in [4.69, 9.17) is 4.74 Å². The summed E-state index contributed by atoms with van der Waals surface area (Å²) in [6.07, 6.45) is -3.57. The van der Waals surface area contributed by atoms with Crippen molar-refractivity contribution in [3.8, 4) is 0 Å². The van der Waals surface area contributed by atoms with Gasteiger partial charge < -0.3 is 20.5 Å². The third-order valence-corrected chi connectivity index (χ3v) is 5.44. The summed E-state index contributed by atoms with van der Waals surface area (Å²) in [7, 11) is 0. The number of carbonyl (C=O) groups excluding carboxylic acids is 1. The van der Waals surface area contributed by atoms with Gasteiger partial charge in [0.2, 0.25) is 5.91 Å². The molecule has 2 aliphatic heterocycles. The molecule has 1 spiro atoms. The molecular weight excluding hydrogens is 313 g/mol. The molecule has 3 aliphatic rings. The van der Waals surface area contributed by atoms with Gasteiger partial charge in [0.15, 0.2) is 5.60 Å². The SMILES string of the molecule is O=C(N[C@H]1CC[C@@](O)(C(F)(F)F)CC1)C1CCNC2(COC2)C1. The van der Waals surface area contributed by atoms with Crippen molar-refractivity contribution in [1.29, 1.82) is 0 Å². The Kier molecular flexibility index (Phi) is 4.35. The number of amides is 1. The molecule has 0 radical (unpaired) electrons. The number of halogens is 3. The first kappa shape index (κ1) is 17.0. The van der Waals surface area contributed by atoms with E-state index in [1.54, 1.807) is 0 Å². The third kappa shape index (κ3) is 3.34. The number of ether oxygens (including phenoxy) is 1. The van der Waals surface area contributed by atoms with Crippen LogP contribution in [0.15, 0.2) is 0 Å². The Morgan fingerprint density at radius 1 is 1.22 bits per heavy atom. The summed E-state index contributed by atoms with van der Waals surface area (Å²) in [5.41, 5.74) is -2.69. The first-order valence-electron chi connectivity index (χ1n) is 8.15. The summed E-state index contributed by atoms with van der Waals surface area (Å²) in [6, 6.07) is -0.284. The summed E-state index contributed by atoms with van der Waals surface area (Å²) in [4.78, 5) is 12.4. The lowest BCUT2D eigenvalue weighted by Gasteiger charge is -2.47. The van der Waals surface area contributed by atoms with Crippen molar-refractivity contribution in [3.05, 3.63) is 0 Å². The largest absolute Gasteiger partial charge is 0.417 e. The second-order valence-corrected chi connectivity index (χ2v) is 7.20. The van der Waals surface area contributed by atoms with E-state index in [9.17, 15) is 23.1 Å². The van der Waals surface area contributed by atoms with E-state index in [2.05, 4.69) is 10.6 Å². The molecule has 0 aromatic rings. The van der Waals surface area contributed by atoms with E-state index in [0.717, 1.165) is 13.0 Å². The van der Waals surface area contributed by atoms with Gasteiger partial charge in [0, 0.05) is 12.0 Å². The van der Waals surface area contributed by atoms with Crippen LogP contribution < -0.4 is 10.6 Å². The molecule has 5 nitrogen and oxygen atoms in total. The maximum Gasteiger partial charge on any atom is 0.417 e. The zero-order valence-corrected chi connectivity index (χ0v) is 12.9. The van der Waals surface area contributed by atoms with Gasteiger partial charge in [-0.05, 0) is 45.1 Å². The van der Waals surface area contributed by atoms with Crippen LogP contribution in [-0.2, 0) is 9.53 Å². The van der Waals surface area contributed by atoms with E-state index in [1.165, 1.54) is 0 Å². The third-order valence-electron chi connectivity index (χ3n) is 5.44. The lowest BCUT2D eigenvalue weighted by molar-refractivity contribution is -0.270. The number of hydrogen-bond donors (Lipinski definition) is 3. The highest BCUT2D eigenvalue weighted by molar-refractivity contribution is 5.79. The molecule has 1 aliphatic carbocycles. The van der Waals surface area contributed by atoms with Crippen molar-refractivity contribution in [2.45, 2.75) is 61.9 Å². The molecule has 0 aromatic heterocycles. The van der Waals surface area contributed by atoms with Crippen molar-refractivity contribution in [2.75, 3.05) is 19.8 Å². The van der Waals surface area contributed by atoms with Crippen LogP contribution >= 0.6 is 0 Å². The normalized spacial score (nSPS) is 37.2. The predicted octanol–water partition coefficient (Wildman–Crippen LogP) is 1.11. The molecule has 3 N–H and O–H groups in total. The van der Waals surface area contributed by atoms with Crippen molar-refractivity contribution in [3.63, 3.8) is 0 Å². The number of nitrogens with one attached hydrogen (secondary N) is 2. The van der Waals surface area contributed by atoms with Gasteiger partial charge in [-0.1, -0.05) is 0 Å². The van der Waals surface area contributed by atoms with Crippen molar-refractivity contribution in [2.24, 2.45) is 5.92 Å². The molecule has 0 bridgehead atoms. The first-order chi connectivity index (χ1) is 10.7. The van der Waals surface area contributed by atoms with Gasteiger partial charge >= 0.3 is 6.18 Å². The Balaban J connectivity index is 1.50. The van der Waals surface area contributed by atoms with Crippen LogP contribution in [0.5, 0.6) is 0 Å². The summed E-state index contributed by atoms with van der Waals surface area (Å²) >= 11 is 0. The van der Waals surface area contributed by atoms with Gasteiger partial charge in [0.1, 0.15) is 0 Å². The molecular formula is C15H23F3N2O3. The molecule has 3 fully saturated rings. The van der Waals surface area contributed by atoms with E-state index in [0.29, 0.717) is 19.6 Å². The van der Waals surface area contributed by atoms with E-state index in [-0.39, 0.29) is 49.1 Å². The van der Waals surface area contributed by atoms with Gasteiger partial charge in [-0.3, -0.25) is 4.79 Å². The fourth-order valence-corrected chi connectivity index (χ4v) is 3.79. The van der Waals surface area contributed by atoms with Gasteiger partial charge in [-0.15, -0.1) is 0 Å². The average Bonchev–Trinajstić information content (AvgIpc) is 2.47. The van der Waals surface area contributed by atoms with Gasteiger partial charge in [0.25, 0.3) is 0 Å².